The molecule has 0 bridgehead atoms. The number of nitrogens with two attached hydrogens (primary N) is 1. The second-order valence-electron chi connectivity index (χ2n) is 2.58. The standard InChI is InChI=1S/C7H18N2O3Si/c1-4-11-13(12-5-2)6(3)9-7(8)10/h6,13H,4-5H2,1-3H3,(H3,8,9,10). The van der Waals surface area contributed by atoms with Crippen molar-refractivity contribution in [2.75, 3.05) is 13.2 Å². The Balaban J connectivity index is 3.93. The molecule has 0 fully saturated rings. The van der Waals surface area contributed by atoms with E-state index < -0.39 is 15.3 Å². The van der Waals surface area contributed by atoms with E-state index in [2.05, 4.69) is 5.32 Å². The number of primary amides is 1. The third kappa shape index (κ3) is 5.62. The molecule has 0 aromatic rings. The van der Waals surface area contributed by atoms with Gasteiger partial charge in [0.15, 0.2) is 0 Å². The van der Waals surface area contributed by atoms with E-state index in [4.69, 9.17) is 14.6 Å². The predicted molar refractivity (Wildman–Crippen MR) is 52.6 cm³/mol. The molecule has 0 saturated heterocycles. The molecule has 5 nitrogen and oxygen atoms in total. The lowest BCUT2D eigenvalue weighted by molar-refractivity contribution is 0.200. The van der Waals surface area contributed by atoms with Crippen LogP contribution in [0.3, 0.4) is 0 Å². The summed E-state index contributed by atoms with van der Waals surface area (Å²) in [6.07, 6.45) is 0. The smallest absolute Gasteiger partial charge is 0.344 e. The number of carbonyl (C=O) groups is 1. The van der Waals surface area contributed by atoms with E-state index in [0.29, 0.717) is 13.2 Å². The van der Waals surface area contributed by atoms with E-state index >= 15 is 0 Å². The molecule has 3 N–H and O–H groups in total. The minimum absolute atomic E-state index is 0.0996. The highest BCUT2D eigenvalue weighted by molar-refractivity contribution is 6.46. The average molecular weight is 206 g/mol. The second kappa shape index (κ2) is 6.87. The van der Waals surface area contributed by atoms with Crippen molar-refractivity contribution in [1.29, 1.82) is 0 Å². The SMILES string of the molecule is CCO[SiH](OCC)C(C)NC(N)=O. The summed E-state index contributed by atoms with van der Waals surface area (Å²) in [6.45, 7) is 6.84. The number of amides is 2. The molecule has 0 aliphatic heterocycles. The van der Waals surface area contributed by atoms with E-state index in [1.165, 1.54) is 0 Å². The van der Waals surface area contributed by atoms with Crippen LogP contribution in [0.2, 0.25) is 0 Å². The minimum atomic E-state index is -1.80. The summed E-state index contributed by atoms with van der Waals surface area (Å²) < 4.78 is 10.8. The van der Waals surface area contributed by atoms with Gasteiger partial charge in [0.1, 0.15) is 0 Å². The van der Waals surface area contributed by atoms with Gasteiger partial charge in [0.25, 0.3) is 0 Å². The fourth-order valence-corrected chi connectivity index (χ4v) is 2.59. The van der Waals surface area contributed by atoms with Gasteiger partial charge < -0.3 is 19.9 Å². The highest BCUT2D eigenvalue weighted by Gasteiger charge is 2.22. The molecule has 2 amide bonds. The Morgan fingerprint density at radius 3 is 2.23 bits per heavy atom. The minimum Gasteiger partial charge on any atom is -0.396 e. The molecule has 0 saturated carbocycles. The van der Waals surface area contributed by atoms with Crippen LogP contribution in [0.5, 0.6) is 0 Å². The Morgan fingerprint density at radius 1 is 1.46 bits per heavy atom. The zero-order valence-electron chi connectivity index (χ0n) is 8.37. The highest BCUT2D eigenvalue weighted by atomic mass is 28.3. The molecule has 1 unspecified atom stereocenters. The van der Waals surface area contributed by atoms with Gasteiger partial charge in [-0.05, 0) is 20.8 Å². The summed E-state index contributed by atoms with van der Waals surface area (Å²) in [6, 6.07) is -0.538. The van der Waals surface area contributed by atoms with Gasteiger partial charge in [0.2, 0.25) is 0 Å². The van der Waals surface area contributed by atoms with Crippen LogP contribution in [0.25, 0.3) is 0 Å². The Hall–Kier alpha value is -0.593. The Labute approximate surface area is 80.4 Å². The summed E-state index contributed by atoms with van der Waals surface area (Å²) >= 11 is 0. The first-order valence-corrected chi connectivity index (χ1v) is 6.01. The number of hydrogen-bond acceptors (Lipinski definition) is 3. The maximum absolute atomic E-state index is 10.5. The molecule has 0 rings (SSSR count). The molecule has 0 aromatic heterocycles. The molecule has 0 spiro atoms. The van der Waals surface area contributed by atoms with Crippen LogP contribution >= 0.6 is 0 Å². The number of carbonyl (C=O) groups excluding carboxylic acids is 1. The molecular weight excluding hydrogens is 188 g/mol. The van der Waals surface area contributed by atoms with Gasteiger partial charge in [-0.1, -0.05) is 0 Å². The Morgan fingerprint density at radius 2 is 1.92 bits per heavy atom. The normalized spacial score (nSPS) is 12.9. The van der Waals surface area contributed by atoms with Gasteiger partial charge in [0, 0.05) is 13.2 Å². The molecule has 0 aromatic carbocycles. The molecule has 78 valence electrons. The second-order valence-corrected chi connectivity index (χ2v) is 4.98. The topological polar surface area (TPSA) is 73.6 Å². The first-order chi connectivity index (χ1) is 6.11. The van der Waals surface area contributed by atoms with Crippen molar-refractivity contribution in [3.63, 3.8) is 0 Å². The van der Waals surface area contributed by atoms with Crippen LogP contribution in [0.4, 0.5) is 4.79 Å². The molecule has 0 heterocycles. The van der Waals surface area contributed by atoms with Crippen molar-refractivity contribution < 1.29 is 13.6 Å². The van der Waals surface area contributed by atoms with Crippen LogP contribution in [-0.2, 0) is 8.85 Å². The molecule has 6 heteroatoms. The monoisotopic (exact) mass is 206 g/mol. The number of urea groups is 1. The van der Waals surface area contributed by atoms with Gasteiger partial charge in [-0.15, -0.1) is 0 Å². The van der Waals surface area contributed by atoms with Gasteiger partial charge in [-0.3, -0.25) is 0 Å². The maximum Gasteiger partial charge on any atom is 0.344 e. The van der Waals surface area contributed by atoms with E-state index in [1.807, 2.05) is 20.8 Å². The van der Waals surface area contributed by atoms with Gasteiger partial charge >= 0.3 is 15.3 Å². The van der Waals surface area contributed by atoms with Crippen molar-refractivity contribution in [3.8, 4) is 0 Å². The van der Waals surface area contributed by atoms with Crippen molar-refractivity contribution in [2.45, 2.75) is 26.4 Å². The predicted octanol–water partition coefficient (Wildman–Crippen LogP) is -0.124. The van der Waals surface area contributed by atoms with Crippen LogP contribution in [0.15, 0.2) is 0 Å². The quantitative estimate of drug-likeness (QED) is 0.595. The molecule has 13 heavy (non-hydrogen) atoms. The van der Waals surface area contributed by atoms with Gasteiger partial charge in [0.05, 0.1) is 5.67 Å². The lowest BCUT2D eigenvalue weighted by Crippen LogP contribution is -2.49. The maximum atomic E-state index is 10.5. The van der Waals surface area contributed by atoms with Crippen LogP contribution in [0, 0.1) is 0 Å². The number of rotatable bonds is 6. The molecule has 1 atom stereocenters. The van der Waals surface area contributed by atoms with Crippen molar-refractivity contribution in [1.82, 2.24) is 5.32 Å². The van der Waals surface area contributed by atoms with Crippen LogP contribution < -0.4 is 11.1 Å². The third-order valence-electron chi connectivity index (χ3n) is 1.44. The van der Waals surface area contributed by atoms with E-state index in [0.717, 1.165) is 0 Å². The van der Waals surface area contributed by atoms with Gasteiger partial charge in [-0.25, -0.2) is 4.79 Å². The molecule has 0 aliphatic carbocycles. The Bertz CT molecular complexity index is 151. The van der Waals surface area contributed by atoms with Crippen molar-refractivity contribution in [2.24, 2.45) is 5.73 Å². The summed E-state index contributed by atoms with van der Waals surface area (Å²) in [5.74, 6) is 0. The zero-order chi connectivity index (χ0) is 10.3. The molecule has 0 radical (unpaired) electrons. The number of hydrogen-bond donors (Lipinski definition) is 2. The lowest BCUT2D eigenvalue weighted by atomic mass is 10.7. The van der Waals surface area contributed by atoms with E-state index in [-0.39, 0.29) is 5.67 Å². The fourth-order valence-electron chi connectivity index (χ4n) is 0.958. The van der Waals surface area contributed by atoms with Crippen LogP contribution in [0.1, 0.15) is 20.8 Å². The lowest BCUT2D eigenvalue weighted by Gasteiger charge is -2.21. The molecular formula is C7H18N2O3Si. The molecule has 0 aliphatic rings. The largest absolute Gasteiger partial charge is 0.396 e. The van der Waals surface area contributed by atoms with E-state index in [9.17, 15) is 4.79 Å². The zero-order valence-corrected chi connectivity index (χ0v) is 9.53. The van der Waals surface area contributed by atoms with E-state index in [1.54, 1.807) is 0 Å². The summed E-state index contributed by atoms with van der Waals surface area (Å²) in [7, 11) is -1.80. The van der Waals surface area contributed by atoms with Crippen molar-refractivity contribution >= 4 is 15.3 Å². The average Bonchev–Trinajstić information content (AvgIpc) is 2.02. The first kappa shape index (κ1) is 12.4. The third-order valence-corrected chi connectivity index (χ3v) is 3.75. The Kier molecular flexibility index (Phi) is 6.56. The van der Waals surface area contributed by atoms with Crippen LogP contribution in [-0.4, -0.2) is 34.2 Å². The summed E-state index contributed by atoms with van der Waals surface area (Å²) in [5.41, 5.74) is 4.88. The number of nitrogens with one attached hydrogen (secondary N) is 1. The van der Waals surface area contributed by atoms with Gasteiger partial charge in [-0.2, -0.15) is 0 Å². The fraction of sp³-hybridized carbons (Fsp3) is 0.857. The summed E-state index contributed by atoms with van der Waals surface area (Å²) in [4.78, 5) is 10.5. The highest BCUT2D eigenvalue weighted by Crippen LogP contribution is 1.96. The first-order valence-electron chi connectivity index (χ1n) is 4.41. The summed E-state index contributed by atoms with van der Waals surface area (Å²) in [5, 5.41) is 2.56. The van der Waals surface area contributed by atoms with Crippen molar-refractivity contribution in [3.05, 3.63) is 0 Å².